The van der Waals surface area contributed by atoms with E-state index in [0.717, 1.165) is 11.4 Å². The Hall–Kier alpha value is -3.39. The molecular formula is C21H21N3O2. The molecular weight excluding hydrogens is 326 g/mol. The fraction of sp³-hybridized carbons (Fsp3) is 0.190. The van der Waals surface area contributed by atoms with Crippen LogP contribution in [-0.2, 0) is 11.3 Å². The Morgan fingerprint density at radius 2 is 1.92 bits per heavy atom. The van der Waals surface area contributed by atoms with E-state index in [-0.39, 0.29) is 17.3 Å². The molecule has 132 valence electrons. The Morgan fingerprint density at radius 1 is 1.27 bits per heavy atom. The Labute approximate surface area is 153 Å². The predicted octanol–water partition coefficient (Wildman–Crippen LogP) is 4.04. The van der Waals surface area contributed by atoms with Gasteiger partial charge < -0.3 is 9.88 Å². The number of allylic oxidation sites excluding steroid dienone is 2. The lowest BCUT2D eigenvalue weighted by Gasteiger charge is -2.06. The first-order valence-corrected chi connectivity index (χ1v) is 8.19. The second-order valence-corrected chi connectivity index (χ2v) is 5.99. The van der Waals surface area contributed by atoms with Gasteiger partial charge in [-0.25, -0.2) is 0 Å². The van der Waals surface area contributed by atoms with Crippen molar-refractivity contribution < 1.29 is 9.59 Å². The van der Waals surface area contributed by atoms with Crippen LogP contribution in [0.4, 0.5) is 5.69 Å². The lowest BCUT2D eigenvalue weighted by molar-refractivity contribution is -0.114. The zero-order chi connectivity index (χ0) is 19.3. The highest BCUT2D eigenvalue weighted by Crippen LogP contribution is 2.20. The molecule has 0 atom stereocenters. The number of aromatic nitrogens is 1. The summed E-state index contributed by atoms with van der Waals surface area (Å²) in [7, 11) is 0. The third-order valence-corrected chi connectivity index (χ3v) is 4.04. The third-order valence-electron chi connectivity index (χ3n) is 4.04. The SMILES string of the molecule is C=CCn1c(C)cc(C(=O)C(C#N)=Cc2ccc(NC(C)=O)cc2)c1C. The maximum atomic E-state index is 12.8. The van der Waals surface area contributed by atoms with Crippen molar-refractivity contribution >= 4 is 23.5 Å². The number of ketones is 1. The molecule has 0 saturated carbocycles. The fourth-order valence-corrected chi connectivity index (χ4v) is 2.77. The minimum Gasteiger partial charge on any atom is -0.345 e. The van der Waals surface area contributed by atoms with Crippen molar-refractivity contribution in [1.82, 2.24) is 4.57 Å². The van der Waals surface area contributed by atoms with Gasteiger partial charge in [0.1, 0.15) is 11.6 Å². The van der Waals surface area contributed by atoms with Gasteiger partial charge in [0, 0.05) is 36.1 Å². The zero-order valence-corrected chi connectivity index (χ0v) is 15.2. The van der Waals surface area contributed by atoms with Crippen molar-refractivity contribution in [3.05, 3.63) is 71.1 Å². The second-order valence-electron chi connectivity index (χ2n) is 5.99. The van der Waals surface area contributed by atoms with Crippen LogP contribution < -0.4 is 5.32 Å². The molecule has 0 aliphatic heterocycles. The van der Waals surface area contributed by atoms with Gasteiger partial charge in [-0.3, -0.25) is 9.59 Å². The van der Waals surface area contributed by atoms with E-state index in [4.69, 9.17) is 0 Å². The zero-order valence-electron chi connectivity index (χ0n) is 15.2. The molecule has 2 rings (SSSR count). The minimum atomic E-state index is -0.304. The van der Waals surface area contributed by atoms with E-state index in [1.54, 1.807) is 42.5 Å². The molecule has 1 N–H and O–H groups in total. The number of aryl methyl sites for hydroxylation is 1. The van der Waals surface area contributed by atoms with Crippen molar-refractivity contribution in [2.45, 2.75) is 27.3 Å². The van der Waals surface area contributed by atoms with Crippen molar-refractivity contribution in [1.29, 1.82) is 5.26 Å². The Morgan fingerprint density at radius 3 is 2.46 bits per heavy atom. The number of nitrogens with one attached hydrogen (secondary N) is 1. The molecule has 1 heterocycles. The van der Waals surface area contributed by atoms with Crippen LogP contribution in [0.3, 0.4) is 0 Å². The monoisotopic (exact) mass is 347 g/mol. The van der Waals surface area contributed by atoms with E-state index in [1.165, 1.54) is 6.92 Å². The molecule has 1 aromatic heterocycles. The smallest absolute Gasteiger partial charge is 0.221 e. The molecule has 1 aromatic carbocycles. The Bertz CT molecular complexity index is 925. The topological polar surface area (TPSA) is 74.9 Å². The normalized spacial score (nSPS) is 10.9. The van der Waals surface area contributed by atoms with Gasteiger partial charge in [0.2, 0.25) is 11.7 Å². The summed E-state index contributed by atoms with van der Waals surface area (Å²) in [4.78, 5) is 23.9. The van der Waals surface area contributed by atoms with Gasteiger partial charge in [0.15, 0.2) is 0 Å². The molecule has 0 unspecified atom stereocenters. The number of hydrogen-bond acceptors (Lipinski definition) is 3. The number of carbonyl (C=O) groups excluding carboxylic acids is 2. The molecule has 0 spiro atoms. The highest BCUT2D eigenvalue weighted by Gasteiger charge is 2.18. The van der Waals surface area contributed by atoms with Crippen LogP contribution in [0.25, 0.3) is 6.08 Å². The number of carbonyl (C=O) groups is 2. The summed E-state index contributed by atoms with van der Waals surface area (Å²) in [6.07, 6.45) is 3.32. The molecule has 5 heteroatoms. The average Bonchev–Trinajstić information content (AvgIpc) is 2.88. The summed E-state index contributed by atoms with van der Waals surface area (Å²) in [5.74, 6) is -0.460. The average molecular weight is 347 g/mol. The van der Waals surface area contributed by atoms with Crippen LogP contribution in [0.15, 0.2) is 48.6 Å². The molecule has 26 heavy (non-hydrogen) atoms. The van der Waals surface area contributed by atoms with Gasteiger partial charge in [-0.1, -0.05) is 18.2 Å². The maximum Gasteiger partial charge on any atom is 0.221 e. The number of benzene rings is 1. The molecule has 0 bridgehead atoms. The Balaban J connectivity index is 2.33. The number of anilines is 1. The standard InChI is InChI=1S/C21H21N3O2/c1-5-10-24-14(2)11-20(15(24)3)21(26)18(13-22)12-17-6-8-19(9-7-17)23-16(4)25/h5-9,11-12H,1,10H2,2-4H3,(H,23,25). The minimum absolute atomic E-state index is 0.0659. The second kappa shape index (κ2) is 8.13. The van der Waals surface area contributed by atoms with E-state index < -0.39 is 0 Å². The third kappa shape index (κ3) is 4.17. The molecule has 2 aromatic rings. The summed E-state index contributed by atoms with van der Waals surface area (Å²) in [5, 5.41) is 12.1. The summed E-state index contributed by atoms with van der Waals surface area (Å²) >= 11 is 0. The van der Waals surface area contributed by atoms with Crippen molar-refractivity contribution in [2.75, 3.05) is 5.32 Å². The van der Waals surface area contributed by atoms with Crippen LogP contribution >= 0.6 is 0 Å². The van der Waals surface area contributed by atoms with Gasteiger partial charge in [-0.15, -0.1) is 6.58 Å². The van der Waals surface area contributed by atoms with Crippen LogP contribution in [0.5, 0.6) is 0 Å². The first-order chi connectivity index (χ1) is 12.4. The number of amides is 1. The van der Waals surface area contributed by atoms with Gasteiger partial charge >= 0.3 is 0 Å². The van der Waals surface area contributed by atoms with Crippen molar-refractivity contribution in [3.63, 3.8) is 0 Å². The van der Waals surface area contributed by atoms with Crippen LogP contribution in [0.1, 0.15) is 34.2 Å². The predicted molar refractivity (Wildman–Crippen MR) is 103 cm³/mol. The first-order valence-electron chi connectivity index (χ1n) is 8.19. The quantitative estimate of drug-likeness (QED) is 0.371. The largest absolute Gasteiger partial charge is 0.345 e. The molecule has 5 nitrogen and oxygen atoms in total. The van der Waals surface area contributed by atoms with Crippen LogP contribution in [0.2, 0.25) is 0 Å². The van der Waals surface area contributed by atoms with Crippen LogP contribution in [0, 0.1) is 25.2 Å². The Kier molecular flexibility index (Phi) is 5.92. The van der Waals surface area contributed by atoms with Crippen LogP contribution in [-0.4, -0.2) is 16.3 Å². The number of hydrogen-bond donors (Lipinski definition) is 1. The van der Waals surface area contributed by atoms with Gasteiger partial charge in [0.05, 0.1) is 0 Å². The molecule has 0 aliphatic rings. The maximum absolute atomic E-state index is 12.8. The molecule has 1 amide bonds. The van der Waals surface area contributed by atoms with Crippen molar-refractivity contribution in [3.8, 4) is 6.07 Å². The van der Waals surface area contributed by atoms with E-state index in [2.05, 4.69) is 11.9 Å². The summed E-state index contributed by atoms with van der Waals surface area (Å²) in [5.41, 5.74) is 3.72. The first kappa shape index (κ1) is 18.9. The van der Waals surface area contributed by atoms with E-state index in [9.17, 15) is 14.9 Å². The molecule has 0 fully saturated rings. The molecule has 0 saturated heterocycles. The van der Waals surface area contributed by atoms with Gasteiger partial charge in [-0.2, -0.15) is 5.26 Å². The summed E-state index contributed by atoms with van der Waals surface area (Å²) in [6, 6.07) is 10.7. The molecule has 0 aliphatic carbocycles. The highest BCUT2D eigenvalue weighted by molar-refractivity contribution is 6.14. The lowest BCUT2D eigenvalue weighted by atomic mass is 10.0. The van der Waals surface area contributed by atoms with Gasteiger partial charge in [-0.05, 0) is 43.7 Å². The molecule has 0 radical (unpaired) electrons. The van der Waals surface area contributed by atoms with Gasteiger partial charge in [0.25, 0.3) is 0 Å². The van der Waals surface area contributed by atoms with E-state index >= 15 is 0 Å². The number of rotatable bonds is 6. The van der Waals surface area contributed by atoms with E-state index in [0.29, 0.717) is 23.4 Å². The summed E-state index contributed by atoms with van der Waals surface area (Å²) in [6.45, 7) is 9.56. The highest BCUT2D eigenvalue weighted by atomic mass is 16.1. The number of Topliss-reactive ketones (excluding diaryl/α,β-unsaturated/α-hetero) is 1. The lowest BCUT2D eigenvalue weighted by Crippen LogP contribution is -2.06. The fourth-order valence-electron chi connectivity index (χ4n) is 2.77. The number of nitriles is 1. The summed E-state index contributed by atoms with van der Waals surface area (Å²) < 4.78 is 1.98. The van der Waals surface area contributed by atoms with E-state index in [1.807, 2.05) is 24.5 Å². The van der Waals surface area contributed by atoms with Crippen molar-refractivity contribution in [2.24, 2.45) is 0 Å². The number of nitrogens with zero attached hydrogens (tertiary/aromatic N) is 2.